The van der Waals surface area contributed by atoms with Crippen LogP contribution in [0.4, 0.5) is 5.13 Å². The largest absolute Gasteiger partial charge is 0.454 e. The highest BCUT2D eigenvalue weighted by atomic mass is 32.1. The first-order valence-electron chi connectivity index (χ1n) is 9.51. The van der Waals surface area contributed by atoms with E-state index in [2.05, 4.69) is 10.3 Å². The maximum absolute atomic E-state index is 12.5. The third-order valence-corrected chi connectivity index (χ3v) is 6.16. The summed E-state index contributed by atoms with van der Waals surface area (Å²) >= 11 is 1.44. The highest BCUT2D eigenvalue weighted by Crippen LogP contribution is 2.35. The molecular formula is C22H18N2O5S. The van der Waals surface area contributed by atoms with E-state index in [0.29, 0.717) is 17.1 Å². The van der Waals surface area contributed by atoms with Gasteiger partial charge in [0.15, 0.2) is 16.6 Å². The number of esters is 1. The van der Waals surface area contributed by atoms with Crippen molar-refractivity contribution in [2.75, 3.05) is 12.1 Å². The lowest BCUT2D eigenvalue weighted by molar-refractivity contribution is -0.118. The molecule has 0 aliphatic carbocycles. The van der Waals surface area contributed by atoms with Gasteiger partial charge in [-0.3, -0.25) is 4.79 Å². The molecule has 7 nitrogen and oxygen atoms in total. The Morgan fingerprint density at radius 3 is 2.93 bits per heavy atom. The lowest BCUT2D eigenvalue weighted by Gasteiger charge is -2.09. The molecule has 2 aliphatic rings. The van der Waals surface area contributed by atoms with Crippen molar-refractivity contribution in [2.45, 2.75) is 25.9 Å². The van der Waals surface area contributed by atoms with Crippen LogP contribution in [-0.4, -0.2) is 23.7 Å². The minimum Gasteiger partial charge on any atom is -0.454 e. The molecular weight excluding hydrogens is 404 g/mol. The van der Waals surface area contributed by atoms with Crippen LogP contribution in [0.5, 0.6) is 11.5 Å². The maximum Gasteiger partial charge on any atom is 0.339 e. The number of anilines is 1. The molecule has 3 aromatic rings. The van der Waals surface area contributed by atoms with Crippen molar-refractivity contribution in [2.24, 2.45) is 0 Å². The zero-order valence-corrected chi connectivity index (χ0v) is 17.0. The molecule has 0 bridgehead atoms. The number of fused-ring (bicyclic) bond motifs is 2. The van der Waals surface area contributed by atoms with Gasteiger partial charge in [-0.1, -0.05) is 24.3 Å². The Bertz CT molecular complexity index is 1160. The summed E-state index contributed by atoms with van der Waals surface area (Å²) in [7, 11) is 0. The number of nitrogens with zero attached hydrogens (tertiary/aromatic N) is 1. The number of carbonyl (C=O) groups excluding carboxylic acids is 2. The molecule has 5 rings (SSSR count). The summed E-state index contributed by atoms with van der Waals surface area (Å²) < 4.78 is 16.1. The molecule has 8 heteroatoms. The van der Waals surface area contributed by atoms with E-state index in [1.807, 2.05) is 37.3 Å². The van der Waals surface area contributed by atoms with Gasteiger partial charge >= 0.3 is 5.97 Å². The van der Waals surface area contributed by atoms with Gasteiger partial charge in [-0.05, 0) is 30.7 Å². The van der Waals surface area contributed by atoms with E-state index in [4.69, 9.17) is 14.2 Å². The van der Waals surface area contributed by atoms with Crippen LogP contribution in [0, 0.1) is 6.92 Å². The number of nitrogens with one attached hydrogen (secondary N) is 1. The second kappa shape index (κ2) is 7.46. The number of hydrogen-bond acceptors (Lipinski definition) is 7. The second-order valence-corrected chi connectivity index (χ2v) is 8.21. The van der Waals surface area contributed by atoms with Crippen LogP contribution in [0.2, 0.25) is 0 Å². The SMILES string of the molecule is Cc1nc(NC(=O)C[C@H]2OC(=O)c3ccccc32)sc1Cc1ccc2c(c1)OCO2. The van der Waals surface area contributed by atoms with Gasteiger partial charge in [-0.25, -0.2) is 9.78 Å². The van der Waals surface area contributed by atoms with Crippen molar-refractivity contribution in [3.05, 3.63) is 69.7 Å². The van der Waals surface area contributed by atoms with Crippen LogP contribution in [-0.2, 0) is 16.0 Å². The molecule has 2 aromatic carbocycles. The second-order valence-electron chi connectivity index (χ2n) is 7.13. The van der Waals surface area contributed by atoms with Gasteiger partial charge in [0.1, 0.15) is 6.10 Å². The standard InChI is InChI=1S/C22H18N2O5S/c1-12-19(9-13-6-7-16-18(8-13)28-11-27-16)30-22(23-12)24-20(25)10-17-14-4-2-3-5-15(14)21(26)29-17/h2-8,17H,9-11H2,1H3,(H,23,24,25)/t17-/m1/s1. The molecule has 1 aromatic heterocycles. The smallest absolute Gasteiger partial charge is 0.339 e. The molecule has 152 valence electrons. The molecule has 1 amide bonds. The summed E-state index contributed by atoms with van der Waals surface area (Å²) in [4.78, 5) is 30.0. The molecule has 1 N–H and O–H groups in total. The van der Waals surface area contributed by atoms with Crippen LogP contribution in [0.25, 0.3) is 0 Å². The number of thiazole rings is 1. The Labute approximate surface area is 176 Å². The van der Waals surface area contributed by atoms with Crippen molar-refractivity contribution >= 4 is 28.3 Å². The van der Waals surface area contributed by atoms with Gasteiger partial charge in [0, 0.05) is 16.9 Å². The van der Waals surface area contributed by atoms with Crippen LogP contribution >= 0.6 is 11.3 Å². The molecule has 0 unspecified atom stereocenters. The summed E-state index contributed by atoms with van der Waals surface area (Å²) in [6.45, 7) is 2.17. The Hall–Kier alpha value is -3.39. The number of hydrogen-bond donors (Lipinski definition) is 1. The van der Waals surface area contributed by atoms with E-state index in [1.165, 1.54) is 11.3 Å². The number of benzene rings is 2. The third kappa shape index (κ3) is 3.50. The lowest BCUT2D eigenvalue weighted by atomic mass is 10.0. The van der Waals surface area contributed by atoms with E-state index in [-0.39, 0.29) is 25.1 Å². The Kier molecular flexibility index (Phi) is 4.63. The van der Waals surface area contributed by atoms with Crippen LogP contribution in [0.15, 0.2) is 42.5 Å². The fourth-order valence-electron chi connectivity index (χ4n) is 3.59. The number of aryl methyl sites for hydroxylation is 1. The number of aromatic nitrogens is 1. The van der Waals surface area contributed by atoms with Gasteiger partial charge < -0.3 is 19.5 Å². The topological polar surface area (TPSA) is 86.8 Å². The van der Waals surface area contributed by atoms with Crippen molar-refractivity contribution in [1.82, 2.24) is 4.98 Å². The summed E-state index contributed by atoms with van der Waals surface area (Å²) in [5.41, 5.74) is 3.21. The van der Waals surface area contributed by atoms with Crippen molar-refractivity contribution in [3.8, 4) is 11.5 Å². The van der Waals surface area contributed by atoms with Gasteiger partial charge in [-0.2, -0.15) is 0 Å². The molecule has 0 fully saturated rings. The zero-order valence-electron chi connectivity index (χ0n) is 16.1. The Morgan fingerprint density at radius 2 is 2.03 bits per heavy atom. The van der Waals surface area contributed by atoms with Crippen molar-refractivity contribution < 1.29 is 23.8 Å². The van der Waals surface area contributed by atoms with Gasteiger partial charge in [0.2, 0.25) is 12.7 Å². The minimum absolute atomic E-state index is 0.0544. The fraction of sp³-hybridized carbons (Fsp3) is 0.227. The normalized spacial score (nSPS) is 16.3. The van der Waals surface area contributed by atoms with E-state index >= 15 is 0 Å². The quantitative estimate of drug-likeness (QED) is 0.625. The predicted molar refractivity (Wildman–Crippen MR) is 110 cm³/mol. The molecule has 0 radical (unpaired) electrons. The van der Waals surface area contributed by atoms with Crippen molar-refractivity contribution in [1.29, 1.82) is 0 Å². The zero-order chi connectivity index (χ0) is 20.7. The highest BCUT2D eigenvalue weighted by molar-refractivity contribution is 7.15. The van der Waals surface area contributed by atoms with Gasteiger partial charge in [-0.15, -0.1) is 11.3 Å². The van der Waals surface area contributed by atoms with E-state index < -0.39 is 6.10 Å². The molecule has 1 atom stereocenters. The number of cyclic esters (lactones) is 1. The fourth-order valence-corrected chi connectivity index (χ4v) is 4.60. The summed E-state index contributed by atoms with van der Waals surface area (Å²) in [5, 5.41) is 3.37. The van der Waals surface area contributed by atoms with Crippen LogP contribution < -0.4 is 14.8 Å². The minimum atomic E-state index is -0.567. The lowest BCUT2D eigenvalue weighted by Crippen LogP contribution is -2.15. The van der Waals surface area contributed by atoms with Crippen LogP contribution in [0.3, 0.4) is 0 Å². The van der Waals surface area contributed by atoms with E-state index in [9.17, 15) is 9.59 Å². The Balaban J connectivity index is 1.25. The number of carbonyl (C=O) groups is 2. The number of rotatable bonds is 5. The molecule has 0 saturated carbocycles. The van der Waals surface area contributed by atoms with Gasteiger partial charge in [0.25, 0.3) is 0 Å². The summed E-state index contributed by atoms with van der Waals surface area (Å²) in [5.74, 6) is 0.865. The average Bonchev–Trinajstić information content (AvgIpc) is 3.41. The predicted octanol–water partition coefficient (Wildman–Crippen LogP) is 4.01. The number of amides is 1. The monoisotopic (exact) mass is 422 g/mol. The molecule has 2 aliphatic heterocycles. The van der Waals surface area contributed by atoms with Crippen LogP contribution in [0.1, 0.15) is 44.6 Å². The van der Waals surface area contributed by atoms with Crippen molar-refractivity contribution in [3.63, 3.8) is 0 Å². The summed E-state index contributed by atoms with van der Waals surface area (Å²) in [6, 6.07) is 13.0. The maximum atomic E-state index is 12.5. The highest BCUT2D eigenvalue weighted by Gasteiger charge is 2.32. The first kappa shape index (κ1) is 18.6. The first-order chi connectivity index (χ1) is 14.6. The van der Waals surface area contributed by atoms with Gasteiger partial charge in [0.05, 0.1) is 17.7 Å². The van der Waals surface area contributed by atoms with E-state index in [0.717, 1.165) is 33.2 Å². The molecule has 0 saturated heterocycles. The first-order valence-corrected chi connectivity index (χ1v) is 10.3. The number of ether oxygens (including phenoxy) is 3. The molecule has 30 heavy (non-hydrogen) atoms. The summed E-state index contributed by atoms with van der Waals surface area (Å²) in [6.07, 6.45) is 0.172. The van der Waals surface area contributed by atoms with E-state index in [1.54, 1.807) is 12.1 Å². The molecule has 3 heterocycles. The average molecular weight is 422 g/mol. The molecule has 0 spiro atoms. The third-order valence-electron chi connectivity index (χ3n) is 5.09. The Morgan fingerprint density at radius 1 is 1.20 bits per heavy atom.